The fraction of sp³-hybridized carbons (Fsp3) is 1.00. The van der Waals surface area contributed by atoms with E-state index in [2.05, 4.69) is 44.3 Å². The molecule has 1 aliphatic rings. The van der Waals surface area contributed by atoms with Crippen LogP contribution in [0.25, 0.3) is 0 Å². The normalized spacial score (nSPS) is 21.2. The van der Waals surface area contributed by atoms with E-state index in [-0.39, 0.29) is 0 Å². The van der Waals surface area contributed by atoms with Gasteiger partial charge in [0, 0.05) is 0 Å². The van der Waals surface area contributed by atoms with Crippen LogP contribution in [0.15, 0.2) is 0 Å². The lowest BCUT2D eigenvalue weighted by Crippen LogP contribution is -2.12. The van der Waals surface area contributed by atoms with E-state index in [0.29, 0.717) is 5.41 Å². The van der Waals surface area contributed by atoms with Crippen molar-refractivity contribution in [3.05, 3.63) is 0 Å². The zero-order valence-electron chi connectivity index (χ0n) is 8.43. The summed E-state index contributed by atoms with van der Waals surface area (Å²) in [6.07, 6.45) is 4.19. The summed E-state index contributed by atoms with van der Waals surface area (Å²) in [6, 6.07) is 0. The molecule has 1 rings (SSSR count). The van der Waals surface area contributed by atoms with Crippen LogP contribution in [0.4, 0.5) is 0 Å². The highest BCUT2D eigenvalue weighted by atomic mass is 32.2. The zero-order chi connectivity index (χ0) is 9.03. The maximum Gasteiger partial charge on any atom is 0.0502 e. The van der Waals surface area contributed by atoms with E-state index in [0.717, 1.165) is 4.58 Å². The third-order valence-corrected chi connectivity index (χ3v) is 5.11. The molecule has 0 radical (unpaired) electrons. The molecule has 1 fully saturated rings. The molecule has 0 N–H and O–H groups in total. The highest BCUT2D eigenvalue weighted by Gasteiger charge is 2.17. The van der Waals surface area contributed by atoms with E-state index in [9.17, 15) is 0 Å². The zero-order valence-corrected chi connectivity index (χ0v) is 10.1. The van der Waals surface area contributed by atoms with Gasteiger partial charge in [0.05, 0.1) is 4.58 Å². The molecule has 0 atom stereocenters. The van der Waals surface area contributed by atoms with Crippen LogP contribution < -0.4 is 0 Å². The van der Waals surface area contributed by atoms with Crippen LogP contribution in [-0.4, -0.2) is 16.1 Å². The van der Waals surface area contributed by atoms with Crippen molar-refractivity contribution in [2.75, 3.05) is 11.5 Å². The first-order valence-electron chi connectivity index (χ1n) is 4.81. The predicted molar refractivity (Wildman–Crippen MR) is 62.0 cm³/mol. The second-order valence-corrected chi connectivity index (χ2v) is 7.54. The van der Waals surface area contributed by atoms with Gasteiger partial charge >= 0.3 is 0 Å². The number of hydrogen-bond donors (Lipinski definition) is 0. The monoisotopic (exact) mass is 204 g/mol. The molecule has 0 amide bonds. The molecule has 1 saturated heterocycles. The van der Waals surface area contributed by atoms with E-state index in [4.69, 9.17) is 0 Å². The second-order valence-electron chi connectivity index (χ2n) is 4.62. The van der Waals surface area contributed by atoms with Gasteiger partial charge in [0.15, 0.2) is 0 Å². The SMILES string of the molecule is CC(C)(C)CCC1SCCCS1. The van der Waals surface area contributed by atoms with Crippen LogP contribution in [0, 0.1) is 5.41 Å². The van der Waals surface area contributed by atoms with Crippen molar-refractivity contribution in [3.8, 4) is 0 Å². The van der Waals surface area contributed by atoms with E-state index < -0.39 is 0 Å². The Hall–Kier alpha value is 0.700. The molecule has 12 heavy (non-hydrogen) atoms. The summed E-state index contributed by atoms with van der Waals surface area (Å²) in [4.78, 5) is 0. The molecule has 2 heteroatoms. The highest BCUT2D eigenvalue weighted by Crippen LogP contribution is 2.36. The van der Waals surface area contributed by atoms with Crippen molar-refractivity contribution < 1.29 is 0 Å². The minimum atomic E-state index is 0.526. The van der Waals surface area contributed by atoms with Crippen molar-refractivity contribution in [2.24, 2.45) is 5.41 Å². The molecule has 0 saturated carbocycles. The number of hydrogen-bond acceptors (Lipinski definition) is 2. The van der Waals surface area contributed by atoms with E-state index in [1.165, 1.54) is 30.8 Å². The summed E-state index contributed by atoms with van der Waals surface area (Å²) >= 11 is 4.33. The second kappa shape index (κ2) is 4.80. The molecule has 1 heterocycles. The van der Waals surface area contributed by atoms with Crippen molar-refractivity contribution in [1.29, 1.82) is 0 Å². The quantitative estimate of drug-likeness (QED) is 0.666. The van der Waals surface area contributed by atoms with Crippen molar-refractivity contribution in [2.45, 2.75) is 44.6 Å². The molecular formula is C10H20S2. The molecule has 0 aromatic heterocycles. The third kappa shape index (κ3) is 4.66. The lowest BCUT2D eigenvalue weighted by molar-refractivity contribution is 0.372. The van der Waals surface area contributed by atoms with Gasteiger partial charge in [-0.05, 0) is 36.2 Å². The largest absolute Gasteiger partial charge is 0.148 e. The molecule has 0 nitrogen and oxygen atoms in total. The molecule has 72 valence electrons. The molecular weight excluding hydrogens is 184 g/mol. The van der Waals surface area contributed by atoms with Gasteiger partial charge in [0.2, 0.25) is 0 Å². The summed E-state index contributed by atoms with van der Waals surface area (Å²) in [6.45, 7) is 7.02. The molecule has 0 aliphatic carbocycles. The lowest BCUT2D eigenvalue weighted by Gasteiger charge is -2.25. The molecule has 1 aliphatic heterocycles. The lowest BCUT2D eigenvalue weighted by atomic mass is 9.91. The van der Waals surface area contributed by atoms with Crippen LogP contribution in [0.5, 0.6) is 0 Å². The Labute approximate surface area is 85.3 Å². The van der Waals surface area contributed by atoms with Gasteiger partial charge in [-0.1, -0.05) is 20.8 Å². The standard InChI is InChI=1S/C10H20S2/c1-10(2,3)6-5-9-11-7-4-8-12-9/h9H,4-8H2,1-3H3. The van der Waals surface area contributed by atoms with Crippen LogP contribution >= 0.6 is 23.5 Å². The Balaban J connectivity index is 2.13. The van der Waals surface area contributed by atoms with Gasteiger partial charge in [-0.3, -0.25) is 0 Å². The molecule has 0 spiro atoms. The van der Waals surface area contributed by atoms with Gasteiger partial charge in [-0.15, -0.1) is 23.5 Å². The summed E-state index contributed by atoms with van der Waals surface area (Å²) in [5, 5.41) is 0. The summed E-state index contributed by atoms with van der Waals surface area (Å²) in [5.74, 6) is 2.78. The molecule has 0 bridgehead atoms. The van der Waals surface area contributed by atoms with Gasteiger partial charge in [0.1, 0.15) is 0 Å². The molecule has 0 aromatic rings. The summed E-state index contributed by atoms with van der Waals surface area (Å²) in [5.41, 5.74) is 0.526. The Bertz CT molecular complexity index is 120. The number of rotatable bonds is 2. The first-order chi connectivity index (χ1) is 5.58. The third-order valence-electron chi connectivity index (χ3n) is 2.03. The minimum absolute atomic E-state index is 0.526. The van der Waals surface area contributed by atoms with Gasteiger partial charge in [-0.25, -0.2) is 0 Å². The first-order valence-corrected chi connectivity index (χ1v) is 6.91. The highest BCUT2D eigenvalue weighted by molar-refractivity contribution is 8.17. The Kier molecular flexibility index (Phi) is 4.31. The van der Waals surface area contributed by atoms with Gasteiger partial charge < -0.3 is 0 Å². The van der Waals surface area contributed by atoms with Crippen LogP contribution in [0.1, 0.15) is 40.0 Å². The molecule has 0 unspecified atom stereocenters. The van der Waals surface area contributed by atoms with Crippen molar-refractivity contribution in [3.63, 3.8) is 0 Å². The molecule has 0 aromatic carbocycles. The van der Waals surface area contributed by atoms with Crippen molar-refractivity contribution in [1.82, 2.24) is 0 Å². The first kappa shape index (κ1) is 10.8. The summed E-state index contributed by atoms with van der Waals surface area (Å²) < 4.78 is 0.901. The van der Waals surface area contributed by atoms with Crippen molar-refractivity contribution >= 4 is 23.5 Å². The van der Waals surface area contributed by atoms with Gasteiger partial charge in [0.25, 0.3) is 0 Å². The van der Waals surface area contributed by atoms with E-state index in [1.807, 2.05) is 0 Å². The van der Waals surface area contributed by atoms with Crippen LogP contribution in [0.2, 0.25) is 0 Å². The maximum atomic E-state index is 2.34. The van der Waals surface area contributed by atoms with E-state index in [1.54, 1.807) is 0 Å². The van der Waals surface area contributed by atoms with Gasteiger partial charge in [-0.2, -0.15) is 0 Å². The fourth-order valence-corrected chi connectivity index (χ4v) is 4.12. The minimum Gasteiger partial charge on any atom is -0.148 e. The predicted octanol–water partition coefficient (Wildman–Crippen LogP) is 4.01. The average molecular weight is 204 g/mol. The average Bonchev–Trinajstić information content (AvgIpc) is 2.02. The maximum absolute atomic E-state index is 2.34. The Morgan fingerprint density at radius 3 is 2.25 bits per heavy atom. The smallest absolute Gasteiger partial charge is 0.0502 e. The Morgan fingerprint density at radius 2 is 1.75 bits per heavy atom. The number of thioether (sulfide) groups is 2. The Morgan fingerprint density at radius 1 is 1.17 bits per heavy atom. The fourth-order valence-electron chi connectivity index (χ4n) is 1.25. The van der Waals surface area contributed by atoms with Crippen LogP contribution in [-0.2, 0) is 0 Å². The van der Waals surface area contributed by atoms with E-state index >= 15 is 0 Å². The summed E-state index contributed by atoms with van der Waals surface area (Å²) in [7, 11) is 0. The topological polar surface area (TPSA) is 0 Å². The van der Waals surface area contributed by atoms with Crippen LogP contribution in [0.3, 0.4) is 0 Å².